The molecule has 0 unspecified atom stereocenters. The van der Waals surface area contributed by atoms with Crippen LogP contribution < -0.4 is 4.74 Å². The second kappa shape index (κ2) is 4.41. The van der Waals surface area contributed by atoms with Crippen molar-refractivity contribution in [3.8, 4) is 5.75 Å². The number of carbonyl (C=O) groups is 2. The fourth-order valence-corrected chi connectivity index (χ4v) is 0.963. The van der Waals surface area contributed by atoms with E-state index in [1.807, 2.05) is 0 Å². The molecule has 0 fully saturated rings. The highest BCUT2D eigenvalue weighted by Crippen LogP contribution is 2.17. The Kier molecular flexibility index (Phi) is 3.22. The second-order valence-electron chi connectivity index (χ2n) is 2.66. The highest BCUT2D eigenvalue weighted by Gasteiger charge is 2.17. The molecule has 1 heterocycles. The van der Waals surface area contributed by atoms with Crippen molar-refractivity contribution in [3.05, 3.63) is 23.5 Å². The number of methoxy groups -OCH3 is 1. The summed E-state index contributed by atoms with van der Waals surface area (Å²) in [7, 11) is 1.18. The van der Waals surface area contributed by atoms with Gasteiger partial charge in [-0.3, -0.25) is 0 Å². The number of hydrogen-bond acceptors (Lipinski definition) is 5. The van der Waals surface area contributed by atoms with Gasteiger partial charge in [0, 0.05) is 5.69 Å². The number of esters is 1. The van der Waals surface area contributed by atoms with Crippen molar-refractivity contribution < 1.29 is 24.2 Å². The molecule has 6 heteroatoms. The van der Waals surface area contributed by atoms with Crippen molar-refractivity contribution >= 4 is 12.1 Å². The minimum Gasteiger partial charge on any atom is -0.464 e. The third-order valence-electron chi connectivity index (χ3n) is 1.57. The summed E-state index contributed by atoms with van der Waals surface area (Å²) in [4.78, 5) is 25.4. The molecule has 1 aromatic rings. The fourth-order valence-electron chi connectivity index (χ4n) is 0.963. The Bertz CT molecular complexity index is 401. The van der Waals surface area contributed by atoms with Gasteiger partial charge in [-0.25, -0.2) is 14.6 Å². The maximum Gasteiger partial charge on any atom is 0.511 e. The summed E-state index contributed by atoms with van der Waals surface area (Å²) in [5.41, 5.74) is 0.410. The highest BCUT2D eigenvalue weighted by atomic mass is 16.7. The van der Waals surface area contributed by atoms with Crippen molar-refractivity contribution in [2.75, 3.05) is 7.11 Å². The van der Waals surface area contributed by atoms with Crippen LogP contribution in [-0.2, 0) is 4.74 Å². The molecule has 0 amide bonds. The van der Waals surface area contributed by atoms with Crippen LogP contribution in [0, 0.1) is 6.92 Å². The number of rotatable bonds is 2. The van der Waals surface area contributed by atoms with Gasteiger partial charge in [-0.1, -0.05) is 0 Å². The number of ether oxygens (including phenoxy) is 2. The van der Waals surface area contributed by atoms with E-state index in [9.17, 15) is 9.59 Å². The van der Waals surface area contributed by atoms with Gasteiger partial charge >= 0.3 is 12.1 Å². The highest BCUT2D eigenvalue weighted by molar-refractivity contribution is 5.90. The van der Waals surface area contributed by atoms with Crippen LogP contribution in [0.2, 0.25) is 0 Å². The molecule has 80 valence electrons. The van der Waals surface area contributed by atoms with E-state index in [1.54, 1.807) is 6.92 Å². The zero-order chi connectivity index (χ0) is 11.4. The van der Waals surface area contributed by atoms with Gasteiger partial charge in [-0.15, -0.1) is 0 Å². The largest absolute Gasteiger partial charge is 0.511 e. The molecular formula is C9H9NO5. The Morgan fingerprint density at radius 1 is 1.40 bits per heavy atom. The average Bonchev–Trinajstić information content (AvgIpc) is 2.19. The van der Waals surface area contributed by atoms with Gasteiger partial charge < -0.3 is 14.6 Å². The van der Waals surface area contributed by atoms with Crippen LogP contribution in [0.25, 0.3) is 0 Å². The van der Waals surface area contributed by atoms with E-state index in [0.717, 1.165) is 0 Å². The molecule has 0 aliphatic heterocycles. The summed E-state index contributed by atoms with van der Waals surface area (Å²) < 4.78 is 8.82. The Morgan fingerprint density at radius 3 is 2.60 bits per heavy atom. The molecule has 1 rings (SSSR count). The predicted molar refractivity (Wildman–Crippen MR) is 49.0 cm³/mol. The minimum absolute atomic E-state index is 0.139. The van der Waals surface area contributed by atoms with Gasteiger partial charge in [0.15, 0.2) is 11.4 Å². The molecule has 1 N–H and O–H groups in total. The van der Waals surface area contributed by atoms with Crippen molar-refractivity contribution in [1.29, 1.82) is 0 Å². The lowest BCUT2D eigenvalue weighted by molar-refractivity contribution is 0.0589. The van der Waals surface area contributed by atoms with E-state index in [0.29, 0.717) is 5.69 Å². The van der Waals surface area contributed by atoms with E-state index in [4.69, 9.17) is 5.11 Å². The Balaban J connectivity index is 3.14. The van der Waals surface area contributed by atoms with Crippen LogP contribution in [0.5, 0.6) is 5.75 Å². The van der Waals surface area contributed by atoms with Crippen molar-refractivity contribution in [2.24, 2.45) is 0 Å². The molecule has 0 spiro atoms. The number of carbonyl (C=O) groups excluding carboxylic acids is 1. The molecule has 0 aliphatic carbocycles. The van der Waals surface area contributed by atoms with Crippen LogP contribution in [0.15, 0.2) is 12.1 Å². The summed E-state index contributed by atoms with van der Waals surface area (Å²) in [5, 5.41) is 8.41. The van der Waals surface area contributed by atoms with Gasteiger partial charge in [0.1, 0.15) is 0 Å². The molecule has 6 nitrogen and oxygen atoms in total. The van der Waals surface area contributed by atoms with Gasteiger partial charge in [0.25, 0.3) is 0 Å². The van der Waals surface area contributed by atoms with E-state index in [1.165, 1.54) is 19.2 Å². The Labute approximate surface area is 85.5 Å². The fraction of sp³-hybridized carbons (Fsp3) is 0.222. The van der Waals surface area contributed by atoms with Gasteiger partial charge in [-0.2, -0.15) is 0 Å². The summed E-state index contributed by atoms with van der Waals surface area (Å²) >= 11 is 0. The molecule has 0 atom stereocenters. The second-order valence-corrected chi connectivity index (χ2v) is 2.66. The zero-order valence-corrected chi connectivity index (χ0v) is 8.18. The first kappa shape index (κ1) is 11.0. The van der Waals surface area contributed by atoms with Crippen LogP contribution in [-0.4, -0.2) is 29.3 Å². The lowest BCUT2D eigenvalue weighted by atomic mass is 10.3. The van der Waals surface area contributed by atoms with E-state index >= 15 is 0 Å². The van der Waals surface area contributed by atoms with Crippen LogP contribution in [0.1, 0.15) is 16.2 Å². The van der Waals surface area contributed by atoms with E-state index < -0.39 is 12.1 Å². The maximum atomic E-state index is 11.2. The third-order valence-corrected chi connectivity index (χ3v) is 1.57. The number of aromatic nitrogens is 1. The molecule has 0 radical (unpaired) electrons. The monoisotopic (exact) mass is 211 g/mol. The third kappa shape index (κ3) is 2.67. The number of pyridine rings is 1. The van der Waals surface area contributed by atoms with Crippen LogP contribution in [0.3, 0.4) is 0 Å². The summed E-state index contributed by atoms with van der Waals surface area (Å²) in [6.07, 6.45) is -1.51. The first-order valence-electron chi connectivity index (χ1n) is 4.01. The lowest BCUT2D eigenvalue weighted by Gasteiger charge is -2.05. The molecule has 0 bridgehead atoms. The number of carboxylic acid groups (broad SMARTS) is 1. The first-order chi connectivity index (χ1) is 7.04. The molecule has 0 aromatic carbocycles. The van der Waals surface area contributed by atoms with Crippen molar-refractivity contribution in [3.63, 3.8) is 0 Å². The molecular weight excluding hydrogens is 202 g/mol. The van der Waals surface area contributed by atoms with Gasteiger partial charge in [-0.05, 0) is 19.1 Å². The predicted octanol–water partition coefficient (Wildman–Crippen LogP) is 1.23. The van der Waals surface area contributed by atoms with E-state index in [-0.39, 0.29) is 11.4 Å². The van der Waals surface area contributed by atoms with E-state index in [2.05, 4.69) is 14.5 Å². The Hall–Kier alpha value is -2.11. The number of hydrogen-bond donors (Lipinski definition) is 1. The lowest BCUT2D eigenvalue weighted by Crippen LogP contribution is -2.11. The maximum absolute atomic E-state index is 11.2. The topological polar surface area (TPSA) is 85.7 Å². The molecule has 15 heavy (non-hydrogen) atoms. The van der Waals surface area contributed by atoms with Gasteiger partial charge in [0.05, 0.1) is 7.11 Å². The van der Waals surface area contributed by atoms with Crippen LogP contribution >= 0.6 is 0 Å². The first-order valence-corrected chi connectivity index (χ1v) is 4.01. The summed E-state index contributed by atoms with van der Waals surface area (Å²) in [6.45, 7) is 1.66. The standard InChI is InChI=1S/C9H9NO5/c1-5-3-4-6(15-9(12)13)7(10-5)8(11)14-2/h3-4H,1-2H3,(H,12,13). The smallest absolute Gasteiger partial charge is 0.464 e. The zero-order valence-electron chi connectivity index (χ0n) is 8.18. The Morgan fingerprint density at radius 2 is 2.07 bits per heavy atom. The summed E-state index contributed by atoms with van der Waals surface area (Å²) in [5.74, 6) is -0.880. The quantitative estimate of drug-likeness (QED) is 0.740. The number of aryl methyl sites for hydroxylation is 1. The molecule has 0 saturated carbocycles. The number of nitrogens with zero attached hydrogens (tertiary/aromatic N) is 1. The van der Waals surface area contributed by atoms with Crippen molar-refractivity contribution in [2.45, 2.75) is 6.92 Å². The molecule has 1 aromatic heterocycles. The van der Waals surface area contributed by atoms with Crippen LogP contribution in [0.4, 0.5) is 4.79 Å². The average molecular weight is 211 g/mol. The molecule has 0 aliphatic rings. The summed E-state index contributed by atoms with van der Waals surface area (Å²) in [6, 6.07) is 2.88. The van der Waals surface area contributed by atoms with Gasteiger partial charge in [0.2, 0.25) is 0 Å². The normalized spacial score (nSPS) is 9.47. The minimum atomic E-state index is -1.51. The SMILES string of the molecule is COC(=O)c1nc(C)ccc1OC(=O)O. The molecule has 0 saturated heterocycles. The van der Waals surface area contributed by atoms with Crippen molar-refractivity contribution in [1.82, 2.24) is 4.98 Å².